The third-order valence-electron chi connectivity index (χ3n) is 2.24. The van der Waals surface area contributed by atoms with Crippen molar-refractivity contribution in [1.82, 2.24) is 20.2 Å². The number of amides is 3. The first-order valence-electron chi connectivity index (χ1n) is 5.01. The molecule has 0 radical (unpaired) electrons. The summed E-state index contributed by atoms with van der Waals surface area (Å²) in [6, 6.07) is 0. The lowest BCUT2D eigenvalue weighted by molar-refractivity contribution is -0.135. The molecule has 2 rings (SSSR count). The highest BCUT2D eigenvalue weighted by Gasteiger charge is 2.27. The van der Waals surface area contributed by atoms with E-state index in [0.29, 0.717) is 0 Å². The van der Waals surface area contributed by atoms with Crippen LogP contribution in [0.15, 0.2) is 12.4 Å². The highest BCUT2D eigenvalue weighted by atomic mass is 16.2. The van der Waals surface area contributed by atoms with Crippen LogP contribution >= 0.6 is 0 Å². The lowest BCUT2D eigenvalue weighted by atomic mass is 10.3. The number of rotatable bonds is 2. The van der Waals surface area contributed by atoms with E-state index in [1.165, 1.54) is 12.4 Å². The third-order valence-corrected chi connectivity index (χ3v) is 2.24. The Bertz CT molecular complexity index is 501. The summed E-state index contributed by atoms with van der Waals surface area (Å²) in [5.41, 5.74) is 2.26. The van der Waals surface area contributed by atoms with Crippen LogP contribution in [-0.2, 0) is 9.59 Å². The van der Waals surface area contributed by atoms with E-state index in [1.807, 2.05) is 0 Å². The highest BCUT2D eigenvalue weighted by molar-refractivity contribution is 6.05. The first kappa shape index (κ1) is 11.9. The molecule has 9 nitrogen and oxygen atoms in total. The van der Waals surface area contributed by atoms with E-state index < -0.39 is 17.7 Å². The van der Waals surface area contributed by atoms with Gasteiger partial charge < -0.3 is 10.3 Å². The zero-order valence-electron chi connectivity index (χ0n) is 9.21. The van der Waals surface area contributed by atoms with Crippen molar-refractivity contribution in [2.75, 3.05) is 18.5 Å². The third kappa shape index (κ3) is 2.40. The number of piperazine rings is 1. The topological polar surface area (TPSA) is 130 Å². The molecule has 0 unspecified atom stereocenters. The molecular formula is C9H10N6O3. The van der Waals surface area contributed by atoms with Crippen molar-refractivity contribution in [2.45, 2.75) is 0 Å². The fourth-order valence-electron chi connectivity index (χ4n) is 1.48. The average Bonchev–Trinajstić information content (AvgIpc) is 2.37. The van der Waals surface area contributed by atoms with Crippen LogP contribution in [-0.4, -0.2) is 45.7 Å². The van der Waals surface area contributed by atoms with Crippen LogP contribution in [0.25, 0.3) is 0 Å². The van der Waals surface area contributed by atoms with E-state index in [1.54, 1.807) is 0 Å². The molecule has 2 heterocycles. The smallest absolute Gasteiger partial charge is 0.275 e. The summed E-state index contributed by atoms with van der Waals surface area (Å²) in [6.45, 7) is -0.376. The largest absolute Gasteiger partial charge is 0.319 e. The van der Waals surface area contributed by atoms with Crippen molar-refractivity contribution in [3.63, 3.8) is 0 Å². The monoisotopic (exact) mass is 250 g/mol. The van der Waals surface area contributed by atoms with Crippen molar-refractivity contribution in [3.8, 4) is 0 Å². The standard InChI is InChI=1S/C9H10N6O3/c10-14-6-2-11-1-5(12-6)9(18)15-3-7(16)13-8(17)4-15/h1-2H,3-4,10H2,(H,12,14)(H,13,16,17). The van der Waals surface area contributed by atoms with Crippen LogP contribution < -0.4 is 16.6 Å². The molecule has 1 saturated heterocycles. The van der Waals surface area contributed by atoms with Gasteiger partial charge in [-0.3, -0.25) is 24.7 Å². The Morgan fingerprint density at radius 3 is 2.61 bits per heavy atom. The van der Waals surface area contributed by atoms with Gasteiger partial charge in [0.05, 0.1) is 12.4 Å². The normalized spacial score (nSPS) is 15.3. The number of hydrogen-bond donors (Lipinski definition) is 3. The van der Waals surface area contributed by atoms with Crippen LogP contribution in [0, 0.1) is 0 Å². The van der Waals surface area contributed by atoms with Crippen LogP contribution in [0.4, 0.5) is 5.82 Å². The van der Waals surface area contributed by atoms with Gasteiger partial charge in [0, 0.05) is 0 Å². The molecule has 3 amide bonds. The molecular weight excluding hydrogens is 240 g/mol. The summed E-state index contributed by atoms with van der Waals surface area (Å²) in [6.07, 6.45) is 2.57. The molecule has 1 aromatic rings. The predicted octanol–water partition coefficient (Wildman–Crippen LogP) is -2.14. The molecule has 1 aromatic heterocycles. The molecule has 0 aliphatic carbocycles. The van der Waals surface area contributed by atoms with Crippen LogP contribution in [0.5, 0.6) is 0 Å². The fourth-order valence-corrected chi connectivity index (χ4v) is 1.48. The zero-order chi connectivity index (χ0) is 13.1. The molecule has 0 spiro atoms. The second-order valence-corrected chi connectivity index (χ2v) is 3.57. The summed E-state index contributed by atoms with van der Waals surface area (Å²) >= 11 is 0. The van der Waals surface area contributed by atoms with E-state index in [4.69, 9.17) is 5.84 Å². The Balaban J connectivity index is 2.19. The Labute approximate surface area is 101 Å². The molecule has 0 bridgehead atoms. The maximum atomic E-state index is 12.0. The maximum Gasteiger partial charge on any atom is 0.275 e. The molecule has 4 N–H and O–H groups in total. The Kier molecular flexibility index (Phi) is 3.15. The number of nitrogen functional groups attached to an aromatic ring is 1. The number of hydrogen-bond acceptors (Lipinski definition) is 7. The lowest BCUT2D eigenvalue weighted by Crippen LogP contribution is -2.53. The summed E-state index contributed by atoms with van der Waals surface area (Å²) in [7, 11) is 0. The van der Waals surface area contributed by atoms with Crippen molar-refractivity contribution < 1.29 is 14.4 Å². The van der Waals surface area contributed by atoms with Gasteiger partial charge in [-0.2, -0.15) is 0 Å². The number of anilines is 1. The lowest BCUT2D eigenvalue weighted by Gasteiger charge is -2.24. The van der Waals surface area contributed by atoms with Gasteiger partial charge >= 0.3 is 0 Å². The molecule has 9 heteroatoms. The number of nitrogens with one attached hydrogen (secondary N) is 2. The summed E-state index contributed by atoms with van der Waals surface area (Å²) in [5.74, 6) is 3.75. The summed E-state index contributed by atoms with van der Waals surface area (Å²) in [5, 5.41) is 2.10. The van der Waals surface area contributed by atoms with Crippen molar-refractivity contribution in [2.24, 2.45) is 5.84 Å². The SMILES string of the molecule is NNc1cncc(C(=O)N2CC(=O)NC(=O)C2)n1. The number of carbonyl (C=O) groups excluding carboxylic acids is 3. The maximum absolute atomic E-state index is 12.0. The molecule has 1 aliphatic rings. The van der Waals surface area contributed by atoms with Gasteiger partial charge in [-0.05, 0) is 0 Å². The van der Waals surface area contributed by atoms with E-state index in [0.717, 1.165) is 4.90 Å². The average molecular weight is 250 g/mol. The van der Waals surface area contributed by atoms with Crippen molar-refractivity contribution >= 4 is 23.5 Å². The minimum atomic E-state index is -0.553. The quantitative estimate of drug-likeness (QED) is 0.310. The number of carbonyl (C=O) groups is 3. The summed E-state index contributed by atoms with van der Waals surface area (Å²) in [4.78, 5) is 43.0. The van der Waals surface area contributed by atoms with E-state index in [-0.39, 0.29) is 24.6 Å². The highest BCUT2D eigenvalue weighted by Crippen LogP contribution is 2.06. The number of nitrogens with zero attached hydrogens (tertiary/aromatic N) is 3. The van der Waals surface area contributed by atoms with Crippen molar-refractivity contribution in [1.29, 1.82) is 0 Å². The molecule has 0 aromatic carbocycles. The van der Waals surface area contributed by atoms with Gasteiger partial charge in [0.1, 0.15) is 18.8 Å². The van der Waals surface area contributed by atoms with Gasteiger partial charge in [0.15, 0.2) is 5.82 Å². The second-order valence-electron chi connectivity index (χ2n) is 3.57. The molecule has 0 saturated carbocycles. The molecule has 1 fully saturated rings. The Hall–Kier alpha value is -2.55. The molecule has 1 aliphatic heterocycles. The fraction of sp³-hybridized carbons (Fsp3) is 0.222. The van der Waals surface area contributed by atoms with E-state index in [9.17, 15) is 14.4 Å². The van der Waals surface area contributed by atoms with Crippen molar-refractivity contribution in [3.05, 3.63) is 18.1 Å². The minimum Gasteiger partial charge on any atom is -0.319 e. The van der Waals surface area contributed by atoms with Crippen LogP contribution in [0.3, 0.4) is 0 Å². The van der Waals surface area contributed by atoms with Gasteiger partial charge in [0.2, 0.25) is 11.8 Å². The van der Waals surface area contributed by atoms with E-state index in [2.05, 4.69) is 20.7 Å². The van der Waals surface area contributed by atoms with Gasteiger partial charge in [0.25, 0.3) is 5.91 Å². The number of imide groups is 1. The van der Waals surface area contributed by atoms with E-state index >= 15 is 0 Å². The number of hydrazine groups is 1. The molecule has 18 heavy (non-hydrogen) atoms. The number of aromatic nitrogens is 2. The first-order chi connectivity index (χ1) is 8.60. The summed E-state index contributed by atoms with van der Waals surface area (Å²) < 4.78 is 0. The van der Waals surface area contributed by atoms with Crippen LogP contribution in [0.2, 0.25) is 0 Å². The zero-order valence-corrected chi connectivity index (χ0v) is 9.21. The minimum absolute atomic E-state index is 0.00736. The number of nitrogens with two attached hydrogens (primary N) is 1. The van der Waals surface area contributed by atoms with Gasteiger partial charge in [-0.15, -0.1) is 0 Å². The first-order valence-corrected chi connectivity index (χ1v) is 5.01. The van der Waals surface area contributed by atoms with Gasteiger partial charge in [-0.1, -0.05) is 0 Å². The second kappa shape index (κ2) is 4.75. The van der Waals surface area contributed by atoms with Crippen LogP contribution in [0.1, 0.15) is 10.5 Å². The predicted molar refractivity (Wildman–Crippen MR) is 58.9 cm³/mol. The molecule has 94 valence electrons. The molecule has 0 atom stereocenters. The van der Waals surface area contributed by atoms with Gasteiger partial charge in [-0.25, -0.2) is 10.8 Å². The Morgan fingerprint density at radius 1 is 1.33 bits per heavy atom. The Morgan fingerprint density at radius 2 is 2.00 bits per heavy atom.